The molecule has 1 atom stereocenters. The molecule has 18 heavy (non-hydrogen) atoms. The first-order chi connectivity index (χ1) is 8.83. The first-order valence-corrected chi connectivity index (χ1v) is 6.87. The highest BCUT2D eigenvalue weighted by atomic mass is 32.1. The van der Waals surface area contributed by atoms with E-state index in [1.165, 1.54) is 11.1 Å². The van der Waals surface area contributed by atoms with Crippen molar-refractivity contribution in [3.05, 3.63) is 52.2 Å². The topological polar surface area (TPSA) is 47.3 Å². The summed E-state index contributed by atoms with van der Waals surface area (Å²) in [6.07, 6.45) is 1.79. The molecule has 1 unspecified atom stereocenters. The Morgan fingerprint density at radius 3 is 2.78 bits per heavy atom. The first kappa shape index (κ1) is 13.1. The van der Waals surface area contributed by atoms with Crippen molar-refractivity contribution in [2.24, 2.45) is 5.84 Å². The minimum absolute atomic E-state index is 0.218. The third kappa shape index (κ3) is 3.32. The molecule has 2 aromatic rings. The zero-order valence-corrected chi connectivity index (χ0v) is 11.2. The van der Waals surface area contributed by atoms with Gasteiger partial charge in [-0.15, -0.1) is 0 Å². The number of benzene rings is 1. The molecular formula is C14H18N2OS. The van der Waals surface area contributed by atoms with E-state index in [0.29, 0.717) is 0 Å². The van der Waals surface area contributed by atoms with E-state index in [-0.39, 0.29) is 6.04 Å². The average molecular weight is 262 g/mol. The highest BCUT2D eigenvalue weighted by Gasteiger charge is 2.12. The van der Waals surface area contributed by atoms with E-state index < -0.39 is 0 Å². The average Bonchev–Trinajstić information content (AvgIpc) is 2.91. The van der Waals surface area contributed by atoms with Crippen molar-refractivity contribution in [1.82, 2.24) is 5.43 Å². The molecule has 0 saturated carbocycles. The Balaban J connectivity index is 2.05. The summed E-state index contributed by atoms with van der Waals surface area (Å²) in [5.41, 5.74) is 5.39. The van der Waals surface area contributed by atoms with Crippen LogP contribution in [0.2, 0.25) is 0 Å². The standard InChI is InChI=1S/C14H18N2OS/c1-17-14-5-3-2-4-12(14)9-13(16-15)8-11-6-7-18-10-11/h2-7,10,13,16H,8-9,15H2,1H3. The molecule has 0 saturated heterocycles. The molecule has 2 rings (SSSR count). The van der Waals surface area contributed by atoms with E-state index in [0.717, 1.165) is 18.6 Å². The van der Waals surface area contributed by atoms with Crippen molar-refractivity contribution >= 4 is 11.3 Å². The van der Waals surface area contributed by atoms with E-state index in [2.05, 4.69) is 28.3 Å². The lowest BCUT2D eigenvalue weighted by molar-refractivity contribution is 0.404. The molecule has 1 aromatic carbocycles. The smallest absolute Gasteiger partial charge is 0.122 e. The summed E-state index contributed by atoms with van der Waals surface area (Å²) in [5, 5.41) is 4.25. The summed E-state index contributed by atoms with van der Waals surface area (Å²) in [6, 6.07) is 10.4. The van der Waals surface area contributed by atoms with Gasteiger partial charge in [0.25, 0.3) is 0 Å². The van der Waals surface area contributed by atoms with Gasteiger partial charge in [0.2, 0.25) is 0 Å². The van der Waals surface area contributed by atoms with Crippen LogP contribution in [0.1, 0.15) is 11.1 Å². The van der Waals surface area contributed by atoms with Crippen LogP contribution < -0.4 is 16.0 Å². The fourth-order valence-corrected chi connectivity index (χ4v) is 2.70. The van der Waals surface area contributed by atoms with Gasteiger partial charge in [-0.2, -0.15) is 11.3 Å². The molecule has 0 fully saturated rings. The zero-order valence-electron chi connectivity index (χ0n) is 10.4. The second-order valence-corrected chi connectivity index (χ2v) is 5.00. The number of thiophene rings is 1. The second-order valence-electron chi connectivity index (χ2n) is 4.22. The number of hydrazine groups is 1. The van der Waals surface area contributed by atoms with Crippen molar-refractivity contribution in [3.8, 4) is 5.75 Å². The Morgan fingerprint density at radius 2 is 2.11 bits per heavy atom. The first-order valence-electron chi connectivity index (χ1n) is 5.92. The zero-order chi connectivity index (χ0) is 12.8. The molecule has 1 heterocycles. The Labute approximate surface area is 112 Å². The number of methoxy groups -OCH3 is 1. The van der Waals surface area contributed by atoms with Gasteiger partial charge < -0.3 is 4.74 Å². The summed E-state index contributed by atoms with van der Waals surface area (Å²) in [6.45, 7) is 0. The molecule has 3 N–H and O–H groups in total. The fourth-order valence-electron chi connectivity index (χ4n) is 2.02. The quantitative estimate of drug-likeness (QED) is 0.620. The van der Waals surface area contributed by atoms with E-state index >= 15 is 0 Å². The van der Waals surface area contributed by atoms with Gasteiger partial charge in [-0.25, -0.2) is 0 Å². The van der Waals surface area contributed by atoms with Crippen LogP contribution >= 0.6 is 11.3 Å². The Kier molecular flexibility index (Phi) is 4.75. The molecule has 3 nitrogen and oxygen atoms in total. The van der Waals surface area contributed by atoms with Gasteiger partial charge in [-0.1, -0.05) is 18.2 Å². The predicted octanol–water partition coefficient (Wildman–Crippen LogP) is 2.37. The molecule has 0 spiro atoms. The number of para-hydroxylation sites is 1. The van der Waals surface area contributed by atoms with Gasteiger partial charge in [0.05, 0.1) is 7.11 Å². The number of hydrogen-bond donors (Lipinski definition) is 2. The minimum Gasteiger partial charge on any atom is -0.496 e. The Morgan fingerprint density at radius 1 is 1.28 bits per heavy atom. The molecular weight excluding hydrogens is 244 g/mol. The van der Waals surface area contributed by atoms with Crippen LogP contribution in [-0.4, -0.2) is 13.2 Å². The maximum Gasteiger partial charge on any atom is 0.122 e. The summed E-state index contributed by atoms with van der Waals surface area (Å²) >= 11 is 1.71. The number of ether oxygens (including phenoxy) is 1. The van der Waals surface area contributed by atoms with E-state index in [1.807, 2.05) is 18.2 Å². The number of nitrogens with one attached hydrogen (secondary N) is 1. The van der Waals surface area contributed by atoms with Gasteiger partial charge in [-0.05, 0) is 46.9 Å². The number of rotatable bonds is 6. The molecule has 4 heteroatoms. The minimum atomic E-state index is 0.218. The van der Waals surface area contributed by atoms with Gasteiger partial charge in [0, 0.05) is 6.04 Å². The summed E-state index contributed by atoms with van der Waals surface area (Å²) in [7, 11) is 1.70. The lowest BCUT2D eigenvalue weighted by Gasteiger charge is -2.17. The van der Waals surface area contributed by atoms with Crippen molar-refractivity contribution in [2.45, 2.75) is 18.9 Å². The molecule has 0 aliphatic rings. The SMILES string of the molecule is COc1ccccc1CC(Cc1ccsc1)NN. The van der Waals surface area contributed by atoms with Crippen LogP contribution in [0.5, 0.6) is 5.75 Å². The third-order valence-electron chi connectivity index (χ3n) is 2.96. The normalized spacial score (nSPS) is 12.3. The van der Waals surface area contributed by atoms with E-state index in [4.69, 9.17) is 10.6 Å². The van der Waals surface area contributed by atoms with Crippen LogP contribution in [-0.2, 0) is 12.8 Å². The second kappa shape index (κ2) is 6.54. The van der Waals surface area contributed by atoms with Gasteiger partial charge in [0.1, 0.15) is 5.75 Å². The lowest BCUT2D eigenvalue weighted by Crippen LogP contribution is -2.38. The molecule has 1 aromatic heterocycles. The summed E-state index contributed by atoms with van der Waals surface area (Å²) in [4.78, 5) is 0. The summed E-state index contributed by atoms with van der Waals surface area (Å²) in [5.74, 6) is 6.56. The molecule has 0 aliphatic carbocycles. The lowest BCUT2D eigenvalue weighted by atomic mass is 10.0. The highest BCUT2D eigenvalue weighted by Crippen LogP contribution is 2.20. The fraction of sp³-hybridized carbons (Fsp3) is 0.286. The highest BCUT2D eigenvalue weighted by molar-refractivity contribution is 7.07. The van der Waals surface area contributed by atoms with Crippen LogP contribution in [0.25, 0.3) is 0 Å². The van der Waals surface area contributed by atoms with Crippen molar-refractivity contribution < 1.29 is 4.74 Å². The van der Waals surface area contributed by atoms with Gasteiger partial charge >= 0.3 is 0 Å². The van der Waals surface area contributed by atoms with Gasteiger partial charge in [0.15, 0.2) is 0 Å². The number of nitrogens with two attached hydrogens (primary N) is 1. The maximum atomic E-state index is 5.64. The molecule has 0 radical (unpaired) electrons. The van der Waals surface area contributed by atoms with Crippen LogP contribution in [0.15, 0.2) is 41.1 Å². The van der Waals surface area contributed by atoms with Crippen molar-refractivity contribution in [2.75, 3.05) is 7.11 Å². The molecule has 0 amide bonds. The van der Waals surface area contributed by atoms with Crippen LogP contribution in [0.3, 0.4) is 0 Å². The van der Waals surface area contributed by atoms with E-state index in [9.17, 15) is 0 Å². The third-order valence-corrected chi connectivity index (χ3v) is 3.69. The summed E-state index contributed by atoms with van der Waals surface area (Å²) < 4.78 is 5.36. The van der Waals surface area contributed by atoms with Crippen LogP contribution in [0, 0.1) is 0 Å². The molecule has 96 valence electrons. The molecule has 0 aliphatic heterocycles. The van der Waals surface area contributed by atoms with Crippen LogP contribution in [0.4, 0.5) is 0 Å². The Bertz CT molecular complexity index is 470. The predicted molar refractivity (Wildman–Crippen MR) is 75.8 cm³/mol. The molecule has 0 bridgehead atoms. The Hall–Kier alpha value is -1.36. The number of hydrogen-bond acceptors (Lipinski definition) is 4. The van der Waals surface area contributed by atoms with Gasteiger partial charge in [-0.3, -0.25) is 11.3 Å². The van der Waals surface area contributed by atoms with Crippen molar-refractivity contribution in [1.29, 1.82) is 0 Å². The monoisotopic (exact) mass is 262 g/mol. The van der Waals surface area contributed by atoms with E-state index in [1.54, 1.807) is 18.4 Å². The largest absolute Gasteiger partial charge is 0.496 e. The maximum absolute atomic E-state index is 5.64. The van der Waals surface area contributed by atoms with Crippen molar-refractivity contribution in [3.63, 3.8) is 0 Å².